The number of rotatable bonds is 3. The molecule has 1 aliphatic heterocycles. The Kier molecular flexibility index (Phi) is 3.49. The van der Waals surface area contributed by atoms with E-state index >= 15 is 0 Å². The Morgan fingerprint density at radius 1 is 1.30 bits per heavy atom. The molecule has 0 saturated carbocycles. The Labute approximate surface area is 119 Å². The second kappa shape index (κ2) is 5.29. The van der Waals surface area contributed by atoms with Gasteiger partial charge in [0.1, 0.15) is 0 Å². The number of likely N-dealkylation sites (tertiary alicyclic amines) is 1. The summed E-state index contributed by atoms with van der Waals surface area (Å²) >= 11 is 0. The molecule has 4 heteroatoms. The molecule has 0 spiro atoms. The Morgan fingerprint density at radius 2 is 2.10 bits per heavy atom. The number of likely N-dealkylation sites (N-methyl/N-ethyl adjacent to an activating group) is 1. The molecule has 1 N–H and O–H groups in total. The maximum atomic E-state index is 12.0. The number of benzene rings is 1. The first-order chi connectivity index (χ1) is 9.66. The van der Waals surface area contributed by atoms with E-state index in [0.717, 1.165) is 23.1 Å². The summed E-state index contributed by atoms with van der Waals surface area (Å²) in [6, 6.07) is 10.3. The summed E-state index contributed by atoms with van der Waals surface area (Å²) in [5.41, 5.74) is 1.96. The molecule has 0 aliphatic carbocycles. The van der Waals surface area contributed by atoms with Gasteiger partial charge < -0.3 is 14.8 Å². The predicted molar refractivity (Wildman–Crippen MR) is 83.3 cm³/mol. The number of nitrogens with one attached hydrogen (secondary N) is 1. The number of aromatic nitrogens is 1. The summed E-state index contributed by atoms with van der Waals surface area (Å²) in [5.74, 6) is 0. The van der Waals surface area contributed by atoms with Crippen molar-refractivity contribution in [3.63, 3.8) is 0 Å². The minimum absolute atomic E-state index is 0.0333. The standard InChI is InChI=1S/C16H21N3O/c1-18-9-5-6-12(18)11-17-14-10-16(20)19(2)15-8-4-3-7-13(14)15/h3-4,7-8,10,12,17H,5-6,9,11H2,1-2H3. The van der Waals surface area contributed by atoms with E-state index in [0.29, 0.717) is 6.04 Å². The number of fused-ring (bicyclic) bond motifs is 1. The maximum absolute atomic E-state index is 12.0. The average molecular weight is 271 g/mol. The smallest absolute Gasteiger partial charge is 0.252 e. The summed E-state index contributed by atoms with van der Waals surface area (Å²) in [5, 5.41) is 4.58. The molecule has 1 aromatic carbocycles. The third-order valence-corrected chi connectivity index (χ3v) is 4.35. The number of para-hydroxylation sites is 1. The van der Waals surface area contributed by atoms with Crippen molar-refractivity contribution in [3.8, 4) is 0 Å². The molecule has 1 fully saturated rings. The molecule has 2 aromatic rings. The van der Waals surface area contributed by atoms with Gasteiger partial charge in [-0.05, 0) is 32.5 Å². The van der Waals surface area contributed by atoms with Gasteiger partial charge >= 0.3 is 0 Å². The zero-order valence-electron chi connectivity index (χ0n) is 12.1. The molecule has 1 unspecified atom stereocenters. The van der Waals surface area contributed by atoms with E-state index in [-0.39, 0.29) is 5.56 Å². The molecular formula is C16H21N3O. The van der Waals surface area contributed by atoms with Crippen LogP contribution in [0.3, 0.4) is 0 Å². The number of anilines is 1. The van der Waals surface area contributed by atoms with Gasteiger partial charge in [-0.1, -0.05) is 18.2 Å². The third kappa shape index (κ3) is 2.31. The molecular weight excluding hydrogens is 250 g/mol. The van der Waals surface area contributed by atoms with Crippen molar-refractivity contribution < 1.29 is 0 Å². The van der Waals surface area contributed by atoms with Gasteiger partial charge in [0.15, 0.2) is 0 Å². The first kappa shape index (κ1) is 13.2. The molecule has 106 valence electrons. The molecule has 1 aromatic heterocycles. The lowest BCUT2D eigenvalue weighted by atomic mass is 10.1. The van der Waals surface area contributed by atoms with Crippen molar-refractivity contribution in [1.29, 1.82) is 0 Å². The number of nitrogens with zero attached hydrogens (tertiary/aromatic N) is 2. The van der Waals surface area contributed by atoms with Crippen molar-refractivity contribution >= 4 is 16.6 Å². The molecule has 1 atom stereocenters. The van der Waals surface area contributed by atoms with Gasteiger partial charge in [0.05, 0.1) is 5.52 Å². The number of aryl methyl sites for hydroxylation is 1. The van der Waals surface area contributed by atoms with Crippen LogP contribution in [0.25, 0.3) is 10.9 Å². The molecule has 2 heterocycles. The highest BCUT2D eigenvalue weighted by Crippen LogP contribution is 2.22. The fourth-order valence-electron chi connectivity index (χ4n) is 3.02. The van der Waals surface area contributed by atoms with Crippen molar-refractivity contribution in [3.05, 3.63) is 40.7 Å². The zero-order chi connectivity index (χ0) is 14.1. The van der Waals surface area contributed by atoms with E-state index in [1.165, 1.54) is 19.4 Å². The Balaban J connectivity index is 1.91. The van der Waals surface area contributed by atoms with Crippen LogP contribution in [-0.2, 0) is 7.05 Å². The Hall–Kier alpha value is -1.81. The average Bonchev–Trinajstić information content (AvgIpc) is 2.87. The van der Waals surface area contributed by atoms with Crippen LogP contribution in [0.2, 0.25) is 0 Å². The summed E-state index contributed by atoms with van der Waals surface area (Å²) < 4.78 is 1.70. The van der Waals surface area contributed by atoms with Gasteiger partial charge in [0.25, 0.3) is 5.56 Å². The van der Waals surface area contributed by atoms with E-state index in [1.54, 1.807) is 10.6 Å². The van der Waals surface area contributed by atoms with E-state index < -0.39 is 0 Å². The first-order valence-corrected chi connectivity index (χ1v) is 7.19. The van der Waals surface area contributed by atoms with Gasteiger partial charge in [-0.15, -0.1) is 0 Å². The molecule has 0 amide bonds. The summed E-state index contributed by atoms with van der Waals surface area (Å²) in [7, 11) is 3.99. The van der Waals surface area contributed by atoms with Gasteiger partial charge in [-0.2, -0.15) is 0 Å². The maximum Gasteiger partial charge on any atom is 0.252 e. The molecule has 4 nitrogen and oxygen atoms in total. The van der Waals surface area contributed by atoms with Crippen molar-refractivity contribution in [2.24, 2.45) is 7.05 Å². The minimum atomic E-state index is 0.0333. The summed E-state index contributed by atoms with van der Waals surface area (Å²) in [4.78, 5) is 14.4. The largest absolute Gasteiger partial charge is 0.383 e. The molecule has 20 heavy (non-hydrogen) atoms. The topological polar surface area (TPSA) is 37.3 Å². The fraction of sp³-hybridized carbons (Fsp3) is 0.438. The number of hydrogen-bond acceptors (Lipinski definition) is 3. The lowest BCUT2D eigenvalue weighted by Gasteiger charge is -2.21. The highest BCUT2D eigenvalue weighted by molar-refractivity contribution is 5.91. The first-order valence-electron chi connectivity index (χ1n) is 7.19. The number of pyridine rings is 1. The van der Waals surface area contributed by atoms with Crippen LogP contribution in [0.5, 0.6) is 0 Å². The van der Waals surface area contributed by atoms with E-state index in [9.17, 15) is 4.79 Å². The van der Waals surface area contributed by atoms with E-state index in [1.807, 2.05) is 25.2 Å². The van der Waals surface area contributed by atoms with Crippen LogP contribution in [0, 0.1) is 0 Å². The Bertz CT molecular complexity index is 677. The molecule has 1 saturated heterocycles. The van der Waals surface area contributed by atoms with Gasteiger partial charge in [0, 0.05) is 36.8 Å². The molecule has 0 bridgehead atoms. The lowest BCUT2D eigenvalue weighted by molar-refractivity contribution is 0.322. The molecule has 1 aliphatic rings. The van der Waals surface area contributed by atoms with Crippen LogP contribution in [0.4, 0.5) is 5.69 Å². The zero-order valence-corrected chi connectivity index (χ0v) is 12.1. The van der Waals surface area contributed by atoms with Crippen LogP contribution in [0.1, 0.15) is 12.8 Å². The Morgan fingerprint density at radius 3 is 2.85 bits per heavy atom. The summed E-state index contributed by atoms with van der Waals surface area (Å²) in [6.45, 7) is 2.07. The van der Waals surface area contributed by atoms with Gasteiger partial charge in [-0.3, -0.25) is 4.79 Å². The molecule has 3 rings (SSSR count). The van der Waals surface area contributed by atoms with Crippen LogP contribution < -0.4 is 10.9 Å². The molecule has 0 radical (unpaired) electrons. The van der Waals surface area contributed by atoms with E-state index in [2.05, 4.69) is 23.3 Å². The second-order valence-electron chi connectivity index (χ2n) is 5.63. The van der Waals surface area contributed by atoms with Crippen molar-refractivity contribution in [1.82, 2.24) is 9.47 Å². The quantitative estimate of drug-likeness (QED) is 0.928. The van der Waals surface area contributed by atoms with Gasteiger partial charge in [-0.25, -0.2) is 0 Å². The van der Waals surface area contributed by atoms with Gasteiger partial charge in [0.2, 0.25) is 0 Å². The minimum Gasteiger partial charge on any atom is -0.383 e. The predicted octanol–water partition coefficient (Wildman–Crippen LogP) is 2.04. The summed E-state index contributed by atoms with van der Waals surface area (Å²) in [6.07, 6.45) is 2.49. The monoisotopic (exact) mass is 271 g/mol. The number of hydrogen-bond donors (Lipinski definition) is 1. The normalized spacial score (nSPS) is 19.6. The van der Waals surface area contributed by atoms with Crippen LogP contribution in [0.15, 0.2) is 35.1 Å². The fourth-order valence-corrected chi connectivity index (χ4v) is 3.02. The van der Waals surface area contributed by atoms with Crippen LogP contribution >= 0.6 is 0 Å². The van der Waals surface area contributed by atoms with Crippen molar-refractivity contribution in [2.45, 2.75) is 18.9 Å². The van der Waals surface area contributed by atoms with Crippen molar-refractivity contribution in [2.75, 3.05) is 25.5 Å². The van der Waals surface area contributed by atoms with Crippen LogP contribution in [-0.4, -0.2) is 35.6 Å². The SMILES string of the molecule is CN1CCCC1CNc1cc(=O)n(C)c2ccccc12. The third-order valence-electron chi connectivity index (χ3n) is 4.35. The highest BCUT2D eigenvalue weighted by Gasteiger charge is 2.20. The van der Waals surface area contributed by atoms with E-state index in [4.69, 9.17) is 0 Å². The second-order valence-corrected chi connectivity index (χ2v) is 5.63. The lowest BCUT2D eigenvalue weighted by Crippen LogP contribution is -2.32. The highest BCUT2D eigenvalue weighted by atomic mass is 16.1.